The van der Waals surface area contributed by atoms with Gasteiger partial charge in [0.1, 0.15) is 0 Å². The van der Waals surface area contributed by atoms with Gasteiger partial charge in [0.25, 0.3) is 5.91 Å². The molecule has 0 aliphatic rings. The van der Waals surface area contributed by atoms with E-state index in [4.69, 9.17) is 16.6 Å². The Labute approximate surface area is 132 Å². The van der Waals surface area contributed by atoms with Gasteiger partial charge in [-0.3, -0.25) is 10.1 Å². The van der Waals surface area contributed by atoms with E-state index in [1.54, 1.807) is 48.5 Å². The molecule has 0 aliphatic heterocycles. The van der Waals surface area contributed by atoms with E-state index in [2.05, 4.69) is 21.4 Å². The Hall–Kier alpha value is -3.59. The number of nitrogens with two attached hydrogens (primary N) is 1. The molecule has 112 valence electrons. The van der Waals surface area contributed by atoms with Gasteiger partial charge in [0, 0.05) is 22.4 Å². The number of carbonyl (C=O) groups is 1. The number of amides is 1. The first kappa shape index (κ1) is 14.4. The van der Waals surface area contributed by atoms with Crippen LogP contribution in [0, 0.1) is 12.3 Å². The van der Waals surface area contributed by atoms with Gasteiger partial charge in [-0.1, -0.05) is 11.0 Å². The van der Waals surface area contributed by atoms with E-state index >= 15 is 0 Å². The van der Waals surface area contributed by atoms with Crippen LogP contribution in [0.15, 0.2) is 52.9 Å². The summed E-state index contributed by atoms with van der Waals surface area (Å²) in [6.07, 6.45) is 5.31. The minimum absolute atomic E-state index is 0.0165. The third-order valence-corrected chi connectivity index (χ3v) is 3.12. The molecular weight excluding hydrogens is 292 g/mol. The SMILES string of the molecule is C#Cc1ccc(-c2nnc(NC(=O)c3ccc(N)cc3)o2)cc1. The van der Waals surface area contributed by atoms with Crippen molar-refractivity contribution in [3.8, 4) is 23.8 Å². The average molecular weight is 304 g/mol. The molecular formula is C17H12N4O2. The van der Waals surface area contributed by atoms with Gasteiger partial charge in [-0.2, -0.15) is 0 Å². The summed E-state index contributed by atoms with van der Waals surface area (Å²) in [7, 11) is 0. The Morgan fingerprint density at radius 3 is 2.43 bits per heavy atom. The minimum Gasteiger partial charge on any atom is -0.403 e. The molecule has 3 N–H and O–H groups in total. The lowest BCUT2D eigenvalue weighted by atomic mass is 10.1. The molecule has 6 nitrogen and oxygen atoms in total. The maximum absolute atomic E-state index is 12.1. The standard InChI is InChI=1S/C17H12N4O2/c1-2-11-3-5-13(6-4-11)16-20-21-17(23-16)19-15(22)12-7-9-14(18)10-8-12/h1,3-10H,18H2,(H,19,21,22). The number of nitrogens with zero attached hydrogens (tertiary/aromatic N) is 2. The minimum atomic E-state index is -0.358. The topological polar surface area (TPSA) is 94.0 Å². The zero-order chi connectivity index (χ0) is 16.2. The molecule has 2 aromatic carbocycles. The average Bonchev–Trinajstić information content (AvgIpc) is 3.04. The summed E-state index contributed by atoms with van der Waals surface area (Å²) >= 11 is 0. The zero-order valence-corrected chi connectivity index (χ0v) is 12.0. The molecule has 3 aromatic rings. The Bertz CT molecular complexity index is 874. The number of anilines is 2. The fourth-order valence-electron chi connectivity index (χ4n) is 1.90. The molecule has 0 saturated heterocycles. The van der Waals surface area contributed by atoms with Gasteiger partial charge < -0.3 is 10.2 Å². The van der Waals surface area contributed by atoms with E-state index < -0.39 is 0 Å². The van der Waals surface area contributed by atoms with Crippen LogP contribution in [0.5, 0.6) is 0 Å². The van der Waals surface area contributed by atoms with Crippen LogP contribution in [0.2, 0.25) is 0 Å². The second-order valence-corrected chi connectivity index (χ2v) is 4.71. The highest BCUT2D eigenvalue weighted by atomic mass is 16.4. The van der Waals surface area contributed by atoms with Crippen molar-refractivity contribution in [1.82, 2.24) is 10.2 Å². The lowest BCUT2D eigenvalue weighted by Crippen LogP contribution is -2.12. The number of nitrogen functional groups attached to an aromatic ring is 1. The Morgan fingerprint density at radius 2 is 1.78 bits per heavy atom. The van der Waals surface area contributed by atoms with Gasteiger partial charge in [0.15, 0.2) is 0 Å². The van der Waals surface area contributed by atoms with Crippen LogP contribution in [-0.2, 0) is 0 Å². The Morgan fingerprint density at radius 1 is 1.09 bits per heavy atom. The third kappa shape index (κ3) is 3.19. The Balaban J connectivity index is 1.75. The molecule has 0 aliphatic carbocycles. The van der Waals surface area contributed by atoms with Crippen LogP contribution in [-0.4, -0.2) is 16.1 Å². The van der Waals surface area contributed by atoms with E-state index in [0.717, 1.165) is 5.56 Å². The van der Waals surface area contributed by atoms with Crippen LogP contribution in [0.1, 0.15) is 15.9 Å². The molecule has 0 spiro atoms. The number of hydrogen-bond donors (Lipinski definition) is 2. The van der Waals surface area contributed by atoms with E-state index in [0.29, 0.717) is 22.7 Å². The number of nitrogens with one attached hydrogen (secondary N) is 1. The van der Waals surface area contributed by atoms with Crippen LogP contribution < -0.4 is 11.1 Å². The van der Waals surface area contributed by atoms with Gasteiger partial charge in [0.05, 0.1) is 0 Å². The summed E-state index contributed by atoms with van der Waals surface area (Å²) < 4.78 is 5.43. The highest BCUT2D eigenvalue weighted by Gasteiger charge is 2.12. The number of hydrogen-bond acceptors (Lipinski definition) is 5. The van der Waals surface area contributed by atoms with Crippen LogP contribution in [0.3, 0.4) is 0 Å². The molecule has 1 heterocycles. The first-order chi connectivity index (χ1) is 11.2. The molecule has 0 saturated carbocycles. The Kier molecular flexibility index (Phi) is 3.77. The molecule has 0 unspecified atom stereocenters. The summed E-state index contributed by atoms with van der Waals surface area (Å²) in [4.78, 5) is 12.1. The third-order valence-electron chi connectivity index (χ3n) is 3.12. The predicted molar refractivity (Wildman–Crippen MR) is 86.5 cm³/mol. The maximum Gasteiger partial charge on any atom is 0.322 e. The first-order valence-electron chi connectivity index (χ1n) is 6.73. The van der Waals surface area contributed by atoms with Crippen LogP contribution in [0.25, 0.3) is 11.5 Å². The zero-order valence-electron chi connectivity index (χ0n) is 12.0. The van der Waals surface area contributed by atoms with E-state index in [1.807, 2.05) is 0 Å². The second-order valence-electron chi connectivity index (χ2n) is 4.71. The molecule has 1 aromatic heterocycles. The molecule has 3 rings (SSSR count). The second kappa shape index (κ2) is 6.03. The highest BCUT2D eigenvalue weighted by molar-refractivity contribution is 6.03. The monoisotopic (exact) mass is 304 g/mol. The van der Waals surface area contributed by atoms with Gasteiger partial charge in [-0.25, -0.2) is 0 Å². The van der Waals surface area contributed by atoms with Crippen molar-refractivity contribution in [2.75, 3.05) is 11.1 Å². The normalized spacial score (nSPS) is 10.0. The number of terminal acetylenes is 1. The van der Waals surface area contributed by atoms with Crippen molar-refractivity contribution in [1.29, 1.82) is 0 Å². The van der Waals surface area contributed by atoms with Crippen LogP contribution >= 0.6 is 0 Å². The molecule has 23 heavy (non-hydrogen) atoms. The lowest BCUT2D eigenvalue weighted by Gasteiger charge is -2.00. The molecule has 0 fully saturated rings. The predicted octanol–water partition coefficient (Wildman–Crippen LogP) is 2.55. The summed E-state index contributed by atoms with van der Waals surface area (Å²) in [5, 5.41) is 10.2. The highest BCUT2D eigenvalue weighted by Crippen LogP contribution is 2.20. The quantitative estimate of drug-likeness (QED) is 0.573. The van der Waals surface area contributed by atoms with E-state index in [-0.39, 0.29) is 11.9 Å². The van der Waals surface area contributed by atoms with Crippen molar-refractivity contribution < 1.29 is 9.21 Å². The van der Waals surface area contributed by atoms with Gasteiger partial charge in [0.2, 0.25) is 5.89 Å². The molecule has 0 atom stereocenters. The first-order valence-corrected chi connectivity index (χ1v) is 6.73. The maximum atomic E-state index is 12.1. The van der Waals surface area contributed by atoms with Crippen molar-refractivity contribution in [3.05, 3.63) is 59.7 Å². The number of benzene rings is 2. The van der Waals surface area contributed by atoms with Crippen molar-refractivity contribution in [3.63, 3.8) is 0 Å². The molecule has 1 amide bonds. The summed E-state index contributed by atoms with van der Waals surface area (Å²) in [5.74, 6) is 2.46. The number of aromatic nitrogens is 2. The molecule has 6 heteroatoms. The van der Waals surface area contributed by atoms with Crippen molar-refractivity contribution in [2.45, 2.75) is 0 Å². The van der Waals surface area contributed by atoms with Crippen molar-refractivity contribution >= 4 is 17.6 Å². The van der Waals surface area contributed by atoms with E-state index in [1.165, 1.54) is 0 Å². The summed E-state index contributed by atoms with van der Waals surface area (Å²) in [5.41, 5.74) is 8.07. The summed E-state index contributed by atoms with van der Waals surface area (Å²) in [6, 6.07) is 13.6. The number of rotatable bonds is 3. The van der Waals surface area contributed by atoms with Crippen LogP contribution in [0.4, 0.5) is 11.7 Å². The van der Waals surface area contributed by atoms with Gasteiger partial charge in [-0.15, -0.1) is 11.5 Å². The van der Waals surface area contributed by atoms with E-state index in [9.17, 15) is 4.79 Å². The number of carbonyl (C=O) groups excluding carboxylic acids is 1. The molecule has 0 bridgehead atoms. The fraction of sp³-hybridized carbons (Fsp3) is 0. The summed E-state index contributed by atoms with van der Waals surface area (Å²) in [6.45, 7) is 0. The smallest absolute Gasteiger partial charge is 0.322 e. The van der Waals surface area contributed by atoms with Gasteiger partial charge >= 0.3 is 6.01 Å². The van der Waals surface area contributed by atoms with Gasteiger partial charge in [-0.05, 0) is 48.5 Å². The van der Waals surface area contributed by atoms with Crippen molar-refractivity contribution in [2.24, 2.45) is 0 Å². The largest absolute Gasteiger partial charge is 0.403 e. The fourth-order valence-corrected chi connectivity index (χ4v) is 1.90. The molecule has 0 radical (unpaired) electrons. The lowest BCUT2D eigenvalue weighted by molar-refractivity contribution is 0.102.